The van der Waals surface area contributed by atoms with Crippen LogP contribution in [0.1, 0.15) is 11.1 Å². The Balaban J connectivity index is 1.35. The maximum absolute atomic E-state index is 12.3. The maximum Gasteiger partial charge on any atom is 0.228 e. The van der Waals surface area contributed by atoms with Crippen molar-refractivity contribution in [2.45, 2.75) is 13.3 Å². The molecule has 1 N–H and O–H groups in total. The van der Waals surface area contributed by atoms with Gasteiger partial charge < -0.3 is 19.5 Å². The standard InChI is InChI=1S/C23H21NO4/c1-16-3-2-4-20(13-16)28-19-8-6-18(7-9-19)24-23(25)15-17-5-10-21-22(14-17)27-12-11-26-21/h2-10,13-14H,11-12,15H2,1H3,(H,24,25). The Bertz CT molecular complexity index is 982. The number of fused-ring (bicyclic) bond motifs is 1. The van der Waals surface area contributed by atoms with E-state index in [0.29, 0.717) is 19.0 Å². The van der Waals surface area contributed by atoms with E-state index in [2.05, 4.69) is 5.32 Å². The van der Waals surface area contributed by atoms with Crippen LogP contribution in [0, 0.1) is 6.92 Å². The van der Waals surface area contributed by atoms with Gasteiger partial charge in [0.1, 0.15) is 24.7 Å². The first-order chi connectivity index (χ1) is 13.7. The molecular formula is C23H21NO4. The molecule has 5 nitrogen and oxygen atoms in total. The molecule has 5 heteroatoms. The Morgan fingerprint density at radius 2 is 1.71 bits per heavy atom. The van der Waals surface area contributed by atoms with Crippen LogP contribution in [0.5, 0.6) is 23.0 Å². The van der Waals surface area contributed by atoms with Crippen LogP contribution in [-0.4, -0.2) is 19.1 Å². The highest BCUT2D eigenvalue weighted by molar-refractivity contribution is 5.92. The van der Waals surface area contributed by atoms with E-state index in [1.54, 1.807) is 0 Å². The van der Waals surface area contributed by atoms with Crippen LogP contribution in [0.15, 0.2) is 66.7 Å². The fourth-order valence-electron chi connectivity index (χ4n) is 3.01. The van der Waals surface area contributed by atoms with E-state index in [9.17, 15) is 4.79 Å². The molecule has 142 valence electrons. The quantitative estimate of drug-likeness (QED) is 0.700. The van der Waals surface area contributed by atoms with Gasteiger partial charge in [-0.25, -0.2) is 0 Å². The molecule has 0 atom stereocenters. The summed E-state index contributed by atoms with van der Waals surface area (Å²) in [5, 5.41) is 2.90. The van der Waals surface area contributed by atoms with E-state index >= 15 is 0 Å². The van der Waals surface area contributed by atoms with Crippen molar-refractivity contribution in [1.29, 1.82) is 0 Å². The van der Waals surface area contributed by atoms with Crippen LogP contribution in [-0.2, 0) is 11.2 Å². The molecule has 1 aliphatic heterocycles. The normalized spacial score (nSPS) is 12.3. The van der Waals surface area contributed by atoms with Crippen molar-refractivity contribution in [2.75, 3.05) is 18.5 Å². The third-order valence-corrected chi connectivity index (χ3v) is 4.33. The van der Waals surface area contributed by atoms with Crippen LogP contribution >= 0.6 is 0 Å². The summed E-state index contributed by atoms with van der Waals surface area (Å²) in [6.45, 7) is 3.10. The van der Waals surface area contributed by atoms with E-state index in [-0.39, 0.29) is 12.3 Å². The zero-order valence-corrected chi connectivity index (χ0v) is 15.6. The van der Waals surface area contributed by atoms with Crippen molar-refractivity contribution in [3.05, 3.63) is 77.9 Å². The largest absolute Gasteiger partial charge is 0.486 e. The molecule has 0 saturated carbocycles. The van der Waals surface area contributed by atoms with Crippen LogP contribution in [0.25, 0.3) is 0 Å². The van der Waals surface area contributed by atoms with Gasteiger partial charge in [0, 0.05) is 5.69 Å². The number of amides is 1. The smallest absolute Gasteiger partial charge is 0.228 e. The summed E-state index contributed by atoms with van der Waals surface area (Å²) in [4.78, 5) is 12.3. The Labute approximate surface area is 163 Å². The van der Waals surface area contributed by atoms with Gasteiger partial charge in [-0.1, -0.05) is 18.2 Å². The van der Waals surface area contributed by atoms with Crippen molar-refractivity contribution < 1.29 is 19.0 Å². The Hall–Kier alpha value is -3.47. The number of carbonyl (C=O) groups is 1. The van der Waals surface area contributed by atoms with Crippen LogP contribution in [0.4, 0.5) is 5.69 Å². The first-order valence-corrected chi connectivity index (χ1v) is 9.19. The van der Waals surface area contributed by atoms with Gasteiger partial charge in [0.05, 0.1) is 6.42 Å². The molecule has 3 aromatic carbocycles. The lowest BCUT2D eigenvalue weighted by molar-refractivity contribution is -0.115. The Kier molecular flexibility index (Phi) is 5.15. The van der Waals surface area contributed by atoms with Gasteiger partial charge in [-0.05, 0) is 66.6 Å². The molecule has 0 saturated heterocycles. The van der Waals surface area contributed by atoms with E-state index in [4.69, 9.17) is 14.2 Å². The van der Waals surface area contributed by atoms with Crippen molar-refractivity contribution in [1.82, 2.24) is 0 Å². The predicted molar refractivity (Wildman–Crippen MR) is 107 cm³/mol. The number of rotatable bonds is 5. The minimum absolute atomic E-state index is 0.0935. The number of anilines is 1. The summed E-state index contributed by atoms with van der Waals surface area (Å²) >= 11 is 0. The van der Waals surface area contributed by atoms with Crippen LogP contribution in [0.3, 0.4) is 0 Å². The summed E-state index contributed by atoms with van der Waals surface area (Å²) < 4.78 is 16.9. The van der Waals surface area contributed by atoms with Crippen LogP contribution < -0.4 is 19.5 Å². The summed E-state index contributed by atoms with van der Waals surface area (Å²) in [5.74, 6) is 2.82. The third kappa shape index (κ3) is 4.43. The first-order valence-electron chi connectivity index (χ1n) is 9.19. The van der Waals surface area contributed by atoms with Crippen molar-refractivity contribution >= 4 is 11.6 Å². The highest BCUT2D eigenvalue weighted by Gasteiger charge is 2.13. The topological polar surface area (TPSA) is 56.8 Å². The molecule has 28 heavy (non-hydrogen) atoms. The Morgan fingerprint density at radius 1 is 0.929 bits per heavy atom. The third-order valence-electron chi connectivity index (χ3n) is 4.33. The number of nitrogens with one attached hydrogen (secondary N) is 1. The molecule has 1 aliphatic rings. The van der Waals surface area contributed by atoms with E-state index < -0.39 is 0 Å². The number of hydrogen-bond donors (Lipinski definition) is 1. The SMILES string of the molecule is Cc1cccc(Oc2ccc(NC(=O)Cc3ccc4c(c3)OCCO4)cc2)c1. The molecule has 0 unspecified atom stereocenters. The van der Waals surface area contributed by atoms with Crippen LogP contribution in [0.2, 0.25) is 0 Å². The molecule has 1 amide bonds. The van der Waals surface area contributed by atoms with Crippen molar-refractivity contribution in [3.63, 3.8) is 0 Å². The minimum atomic E-state index is -0.0935. The minimum Gasteiger partial charge on any atom is -0.486 e. The summed E-state index contributed by atoms with van der Waals surface area (Å²) in [5.41, 5.74) is 2.74. The van der Waals surface area contributed by atoms with E-state index in [1.165, 1.54) is 0 Å². The summed E-state index contributed by atoms with van der Waals surface area (Å²) in [6.07, 6.45) is 0.262. The second-order valence-corrected chi connectivity index (χ2v) is 6.65. The fraction of sp³-hybridized carbons (Fsp3) is 0.174. The molecule has 0 aliphatic carbocycles. The van der Waals surface area contributed by atoms with Gasteiger partial charge in [0.25, 0.3) is 0 Å². The first kappa shape index (κ1) is 17.9. The molecular weight excluding hydrogens is 354 g/mol. The summed E-state index contributed by atoms with van der Waals surface area (Å²) in [6, 6.07) is 20.8. The molecule has 4 rings (SSSR count). The van der Waals surface area contributed by atoms with Gasteiger partial charge in [-0.2, -0.15) is 0 Å². The van der Waals surface area contributed by atoms with E-state index in [0.717, 1.165) is 34.1 Å². The number of aryl methyl sites for hydroxylation is 1. The fourth-order valence-corrected chi connectivity index (χ4v) is 3.01. The van der Waals surface area contributed by atoms with Gasteiger partial charge in [0.2, 0.25) is 5.91 Å². The lowest BCUT2D eigenvalue weighted by Gasteiger charge is -2.18. The van der Waals surface area contributed by atoms with Gasteiger partial charge in [0.15, 0.2) is 11.5 Å². The van der Waals surface area contributed by atoms with E-state index in [1.807, 2.05) is 73.7 Å². The zero-order chi connectivity index (χ0) is 19.3. The maximum atomic E-state index is 12.3. The monoisotopic (exact) mass is 375 g/mol. The predicted octanol–water partition coefficient (Wildman–Crippen LogP) is 4.74. The molecule has 0 spiro atoms. The molecule has 0 aromatic heterocycles. The van der Waals surface area contributed by atoms with Gasteiger partial charge in [-0.15, -0.1) is 0 Å². The Morgan fingerprint density at radius 3 is 2.50 bits per heavy atom. The average molecular weight is 375 g/mol. The highest BCUT2D eigenvalue weighted by Crippen LogP contribution is 2.31. The average Bonchev–Trinajstić information content (AvgIpc) is 2.69. The molecule has 3 aromatic rings. The van der Waals surface area contributed by atoms with Gasteiger partial charge in [-0.3, -0.25) is 4.79 Å². The van der Waals surface area contributed by atoms with Gasteiger partial charge >= 0.3 is 0 Å². The number of ether oxygens (including phenoxy) is 3. The number of carbonyl (C=O) groups excluding carboxylic acids is 1. The lowest BCUT2D eigenvalue weighted by atomic mass is 10.1. The number of benzene rings is 3. The number of hydrogen-bond acceptors (Lipinski definition) is 4. The second kappa shape index (κ2) is 8.05. The molecule has 0 bridgehead atoms. The zero-order valence-electron chi connectivity index (χ0n) is 15.6. The lowest BCUT2D eigenvalue weighted by Crippen LogP contribution is -2.17. The molecule has 0 radical (unpaired) electrons. The van der Waals surface area contributed by atoms with Crippen molar-refractivity contribution in [3.8, 4) is 23.0 Å². The highest BCUT2D eigenvalue weighted by atomic mass is 16.6. The van der Waals surface area contributed by atoms with Crippen molar-refractivity contribution in [2.24, 2.45) is 0 Å². The second-order valence-electron chi connectivity index (χ2n) is 6.65. The molecule has 1 heterocycles. The molecule has 0 fully saturated rings. The summed E-state index contributed by atoms with van der Waals surface area (Å²) in [7, 11) is 0.